The van der Waals surface area contributed by atoms with Crippen molar-refractivity contribution in [2.75, 3.05) is 24.5 Å². The Hall–Kier alpha value is -2.04. The monoisotopic (exact) mass is 248 g/mol. The van der Waals surface area contributed by atoms with Gasteiger partial charge in [-0.05, 0) is 24.6 Å². The average molecular weight is 248 g/mol. The number of hydrogen-bond acceptors (Lipinski definition) is 3. The highest BCUT2D eigenvalue weighted by Crippen LogP contribution is 2.23. The maximum Gasteiger partial charge on any atom is 0.337 e. The van der Waals surface area contributed by atoms with E-state index in [1.807, 2.05) is 17.9 Å². The zero-order valence-electron chi connectivity index (χ0n) is 10.3. The van der Waals surface area contributed by atoms with E-state index < -0.39 is 5.97 Å². The van der Waals surface area contributed by atoms with Crippen molar-refractivity contribution in [2.45, 2.75) is 13.3 Å². The van der Waals surface area contributed by atoms with Crippen molar-refractivity contribution >= 4 is 17.6 Å². The summed E-state index contributed by atoms with van der Waals surface area (Å²) >= 11 is 0. The quantitative estimate of drug-likeness (QED) is 0.819. The van der Waals surface area contributed by atoms with Crippen molar-refractivity contribution in [2.24, 2.45) is 0 Å². The first-order valence-corrected chi connectivity index (χ1v) is 5.93. The number of benzene rings is 1. The molecule has 0 radical (unpaired) electrons. The summed E-state index contributed by atoms with van der Waals surface area (Å²) in [6.45, 7) is 3.66. The van der Waals surface area contributed by atoms with Gasteiger partial charge in [-0.25, -0.2) is 4.79 Å². The Labute approximate surface area is 105 Å². The minimum absolute atomic E-state index is 0.0158. The fourth-order valence-corrected chi connectivity index (χ4v) is 2.09. The van der Waals surface area contributed by atoms with Gasteiger partial charge in [0.2, 0.25) is 5.91 Å². The fourth-order valence-electron chi connectivity index (χ4n) is 2.09. The molecule has 0 atom stereocenters. The van der Waals surface area contributed by atoms with Gasteiger partial charge in [0.25, 0.3) is 0 Å². The Morgan fingerprint density at radius 2 is 2.17 bits per heavy atom. The molecule has 2 rings (SSSR count). The molecule has 0 aromatic heterocycles. The molecule has 1 fully saturated rings. The molecule has 0 aliphatic carbocycles. The van der Waals surface area contributed by atoms with E-state index in [1.165, 1.54) is 0 Å². The molecule has 5 nitrogen and oxygen atoms in total. The van der Waals surface area contributed by atoms with Crippen molar-refractivity contribution in [3.8, 4) is 0 Å². The summed E-state index contributed by atoms with van der Waals surface area (Å²) in [5.74, 6) is -0.921. The van der Waals surface area contributed by atoms with Gasteiger partial charge < -0.3 is 15.3 Å². The van der Waals surface area contributed by atoms with Crippen LogP contribution in [-0.2, 0) is 4.79 Å². The van der Waals surface area contributed by atoms with E-state index in [4.69, 9.17) is 0 Å². The second-order valence-corrected chi connectivity index (χ2v) is 4.41. The lowest BCUT2D eigenvalue weighted by molar-refractivity contribution is -0.120. The first-order valence-electron chi connectivity index (χ1n) is 5.93. The highest BCUT2D eigenvalue weighted by atomic mass is 16.4. The van der Waals surface area contributed by atoms with Crippen LogP contribution >= 0.6 is 0 Å². The summed E-state index contributed by atoms with van der Waals surface area (Å²) in [7, 11) is 0. The third-order valence-corrected chi connectivity index (χ3v) is 3.04. The minimum Gasteiger partial charge on any atom is -0.478 e. The van der Waals surface area contributed by atoms with Crippen LogP contribution in [0.25, 0.3) is 0 Å². The third-order valence-electron chi connectivity index (χ3n) is 3.04. The second kappa shape index (κ2) is 5.08. The second-order valence-electron chi connectivity index (χ2n) is 4.41. The molecule has 1 aromatic rings. The van der Waals surface area contributed by atoms with Gasteiger partial charge in [-0.2, -0.15) is 0 Å². The van der Waals surface area contributed by atoms with Crippen LogP contribution in [0, 0.1) is 6.92 Å². The molecule has 1 heterocycles. The number of carbonyl (C=O) groups excluding carboxylic acids is 1. The van der Waals surface area contributed by atoms with E-state index >= 15 is 0 Å². The molecule has 1 aliphatic rings. The average Bonchev–Trinajstić information content (AvgIpc) is 2.53. The molecular formula is C13H16N2O3. The normalized spacial score (nSPS) is 16.1. The zero-order chi connectivity index (χ0) is 13.1. The first kappa shape index (κ1) is 12.4. The number of aromatic carboxylic acids is 1. The van der Waals surface area contributed by atoms with Gasteiger partial charge in [0, 0.05) is 26.1 Å². The predicted molar refractivity (Wildman–Crippen MR) is 68.0 cm³/mol. The number of anilines is 1. The number of hydrogen-bond donors (Lipinski definition) is 2. The molecule has 1 aromatic carbocycles. The van der Waals surface area contributed by atoms with Gasteiger partial charge in [0.1, 0.15) is 0 Å². The van der Waals surface area contributed by atoms with Gasteiger partial charge >= 0.3 is 5.97 Å². The summed E-state index contributed by atoms with van der Waals surface area (Å²) in [5.41, 5.74) is 1.99. The summed E-state index contributed by atoms with van der Waals surface area (Å²) in [4.78, 5) is 24.5. The molecule has 96 valence electrons. The summed E-state index contributed by atoms with van der Waals surface area (Å²) in [6.07, 6.45) is 0.396. The van der Waals surface area contributed by atoms with Gasteiger partial charge in [-0.1, -0.05) is 6.07 Å². The summed E-state index contributed by atoms with van der Waals surface area (Å²) < 4.78 is 0. The van der Waals surface area contributed by atoms with Crippen LogP contribution in [0.2, 0.25) is 0 Å². The smallest absolute Gasteiger partial charge is 0.337 e. The van der Waals surface area contributed by atoms with Crippen LogP contribution in [0.4, 0.5) is 5.69 Å². The molecule has 0 spiro atoms. The predicted octanol–water partition coefficient (Wildman–Crippen LogP) is 1.02. The van der Waals surface area contributed by atoms with E-state index in [2.05, 4.69) is 5.32 Å². The number of nitrogens with one attached hydrogen (secondary N) is 1. The van der Waals surface area contributed by atoms with Crippen LogP contribution in [0.15, 0.2) is 18.2 Å². The van der Waals surface area contributed by atoms with Crippen molar-refractivity contribution < 1.29 is 14.7 Å². The Morgan fingerprint density at radius 1 is 1.39 bits per heavy atom. The molecule has 2 N–H and O–H groups in total. The van der Waals surface area contributed by atoms with E-state index in [0.29, 0.717) is 31.7 Å². The number of carboxylic acids is 1. The lowest BCUT2D eigenvalue weighted by atomic mass is 10.1. The van der Waals surface area contributed by atoms with E-state index in [1.54, 1.807) is 12.1 Å². The molecule has 5 heteroatoms. The number of carboxylic acid groups (broad SMARTS) is 1. The number of aryl methyl sites for hydroxylation is 1. The topological polar surface area (TPSA) is 69.6 Å². The molecule has 0 unspecified atom stereocenters. The Balaban J connectivity index is 2.33. The van der Waals surface area contributed by atoms with Crippen LogP contribution in [0.1, 0.15) is 22.3 Å². The van der Waals surface area contributed by atoms with Gasteiger partial charge in [-0.15, -0.1) is 0 Å². The maximum absolute atomic E-state index is 11.3. The zero-order valence-corrected chi connectivity index (χ0v) is 10.3. The van der Waals surface area contributed by atoms with Crippen LogP contribution in [0.3, 0.4) is 0 Å². The molecule has 1 amide bonds. The molecule has 1 saturated heterocycles. The number of nitrogens with zero attached hydrogens (tertiary/aromatic N) is 1. The molecular weight excluding hydrogens is 232 g/mol. The summed E-state index contributed by atoms with van der Waals surface area (Å²) in [6, 6.07) is 5.26. The van der Waals surface area contributed by atoms with Crippen molar-refractivity contribution in [1.29, 1.82) is 0 Å². The standard InChI is InChI=1S/C13H16N2O3/c1-9-2-3-10(13(17)18)11(8-9)15-6-4-12(16)14-5-7-15/h2-3,8H,4-7H2,1H3,(H,14,16)(H,17,18). The van der Waals surface area contributed by atoms with Crippen LogP contribution < -0.4 is 10.2 Å². The number of carbonyl (C=O) groups is 2. The largest absolute Gasteiger partial charge is 0.478 e. The highest BCUT2D eigenvalue weighted by molar-refractivity contribution is 5.94. The van der Waals surface area contributed by atoms with Gasteiger partial charge in [-0.3, -0.25) is 4.79 Å². The summed E-state index contributed by atoms with van der Waals surface area (Å²) in [5, 5.41) is 12.0. The van der Waals surface area contributed by atoms with Crippen molar-refractivity contribution in [1.82, 2.24) is 5.32 Å². The van der Waals surface area contributed by atoms with Crippen molar-refractivity contribution in [3.63, 3.8) is 0 Å². The fraction of sp³-hybridized carbons (Fsp3) is 0.385. The SMILES string of the molecule is Cc1ccc(C(=O)O)c(N2CCNC(=O)CC2)c1. The van der Waals surface area contributed by atoms with Crippen molar-refractivity contribution in [3.05, 3.63) is 29.3 Å². The van der Waals surface area contributed by atoms with E-state index in [0.717, 1.165) is 5.56 Å². The lowest BCUT2D eigenvalue weighted by Crippen LogP contribution is -2.29. The number of rotatable bonds is 2. The Morgan fingerprint density at radius 3 is 2.89 bits per heavy atom. The maximum atomic E-state index is 11.3. The Kier molecular flexibility index (Phi) is 3.50. The van der Waals surface area contributed by atoms with Gasteiger partial charge in [0.15, 0.2) is 0 Å². The van der Waals surface area contributed by atoms with Gasteiger partial charge in [0.05, 0.1) is 11.3 Å². The number of amides is 1. The molecule has 1 aliphatic heterocycles. The van der Waals surface area contributed by atoms with E-state index in [-0.39, 0.29) is 11.5 Å². The molecule has 0 bridgehead atoms. The van der Waals surface area contributed by atoms with Crippen LogP contribution in [-0.4, -0.2) is 36.6 Å². The molecule has 0 saturated carbocycles. The van der Waals surface area contributed by atoms with E-state index in [9.17, 15) is 14.7 Å². The molecule has 18 heavy (non-hydrogen) atoms. The lowest BCUT2D eigenvalue weighted by Gasteiger charge is -2.24. The first-order chi connectivity index (χ1) is 8.58. The minimum atomic E-state index is -0.937. The third kappa shape index (κ3) is 2.61. The van der Waals surface area contributed by atoms with Crippen LogP contribution in [0.5, 0.6) is 0 Å². The Bertz CT molecular complexity index is 485. The highest BCUT2D eigenvalue weighted by Gasteiger charge is 2.19.